The molecule has 1 aromatic carbocycles. The molecule has 12 heteroatoms. The fraction of sp³-hybridized carbons (Fsp3) is 0.318. The Morgan fingerprint density at radius 1 is 1.00 bits per heavy atom. The van der Waals surface area contributed by atoms with E-state index in [-0.39, 0.29) is 23.6 Å². The molecule has 1 saturated heterocycles. The van der Waals surface area contributed by atoms with E-state index >= 15 is 0 Å². The third-order valence-electron chi connectivity index (χ3n) is 6.19. The lowest BCUT2D eigenvalue weighted by molar-refractivity contribution is 0.246. The summed E-state index contributed by atoms with van der Waals surface area (Å²) in [4.78, 5) is 46.1. The normalized spacial score (nSPS) is 15.1. The van der Waals surface area contributed by atoms with Crippen molar-refractivity contribution in [1.29, 1.82) is 0 Å². The van der Waals surface area contributed by atoms with E-state index in [0.29, 0.717) is 12.2 Å². The molecule has 1 fully saturated rings. The van der Waals surface area contributed by atoms with Crippen molar-refractivity contribution < 1.29 is 8.83 Å². The molecule has 0 radical (unpaired) electrons. The van der Waals surface area contributed by atoms with Crippen molar-refractivity contribution in [3.8, 4) is 0 Å². The van der Waals surface area contributed by atoms with Gasteiger partial charge in [0.2, 0.25) is 11.4 Å². The van der Waals surface area contributed by atoms with E-state index < -0.39 is 16.9 Å². The summed E-state index contributed by atoms with van der Waals surface area (Å²) in [6, 6.07) is 9.69. The minimum atomic E-state index is -1.19. The van der Waals surface area contributed by atoms with Gasteiger partial charge in [0.15, 0.2) is 0 Å². The second-order valence-electron chi connectivity index (χ2n) is 8.22. The summed E-state index contributed by atoms with van der Waals surface area (Å²) in [5.41, 5.74) is -2.32. The first-order valence-corrected chi connectivity index (χ1v) is 11.7. The van der Waals surface area contributed by atoms with Gasteiger partial charge in [0, 0.05) is 50.7 Å². The van der Waals surface area contributed by atoms with Gasteiger partial charge in [0.25, 0.3) is 0 Å². The Bertz CT molecular complexity index is 1720. The van der Waals surface area contributed by atoms with Crippen molar-refractivity contribution in [3.05, 3.63) is 67.4 Å². The van der Waals surface area contributed by atoms with Crippen LogP contribution in [-0.2, 0) is 6.54 Å². The van der Waals surface area contributed by atoms with Crippen LogP contribution in [0, 0.1) is 6.92 Å². The zero-order chi connectivity index (χ0) is 23.4. The number of anilines is 1. The van der Waals surface area contributed by atoms with Crippen LogP contribution in [0.25, 0.3) is 27.2 Å². The van der Waals surface area contributed by atoms with Crippen LogP contribution in [0.3, 0.4) is 0 Å². The minimum Gasteiger partial charge on any atom is -0.401 e. The molecule has 0 unspecified atom stereocenters. The molecule has 1 aliphatic rings. The molecule has 0 amide bonds. The molecule has 34 heavy (non-hydrogen) atoms. The predicted molar refractivity (Wildman–Crippen MR) is 127 cm³/mol. The van der Waals surface area contributed by atoms with E-state index in [1.807, 2.05) is 12.1 Å². The molecule has 0 spiro atoms. The van der Waals surface area contributed by atoms with Crippen LogP contribution in [0.2, 0.25) is 0 Å². The Labute approximate surface area is 195 Å². The second-order valence-corrected chi connectivity index (χ2v) is 9.03. The van der Waals surface area contributed by atoms with Gasteiger partial charge in [-0.05, 0) is 30.6 Å². The van der Waals surface area contributed by atoms with Crippen molar-refractivity contribution in [3.63, 3.8) is 0 Å². The average molecular weight is 481 g/mol. The first-order valence-electron chi connectivity index (χ1n) is 10.9. The standard InChI is InChI=1S/C22H20N6O5S/c1-13-19-28-16(23-13)12-17(32-20(29)21(30)33-19)27(22(28)31)11-8-25-6-9-26(10-7-25)18-14-4-2-3-5-15(14)34-24-18/h2-5,12H,6-11H2,1H3. The van der Waals surface area contributed by atoms with E-state index in [1.54, 1.807) is 6.92 Å². The Kier molecular flexibility index (Phi) is 4.85. The molecule has 4 bridgehead atoms. The summed E-state index contributed by atoms with van der Waals surface area (Å²) in [6.07, 6.45) is 0. The number of hydrogen-bond donors (Lipinski definition) is 0. The number of aromatic nitrogens is 4. The number of fused-ring (bicyclic) bond motifs is 5. The highest BCUT2D eigenvalue weighted by Crippen LogP contribution is 2.29. The first kappa shape index (κ1) is 20.8. The molecule has 1 aliphatic heterocycles. The number of nitrogens with zero attached hydrogens (tertiary/aromatic N) is 6. The number of aryl methyl sites for hydroxylation is 1. The lowest BCUT2D eigenvalue weighted by atomic mass is 10.2. The van der Waals surface area contributed by atoms with Crippen molar-refractivity contribution in [1.82, 2.24) is 23.2 Å². The van der Waals surface area contributed by atoms with Gasteiger partial charge in [-0.3, -0.25) is 9.47 Å². The van der Waals surface area contributed by atoms with Crippen LogP contribution in [0.5, 0.6) is 0 Å². The van der Waals surface area contributed by atoms with Gasteiger partial charge in [0.1, 0.15) is 17.2 Å². The Balaban J connectivity index is 1.25. The van der Waals surface area contributed by atoms with Crippen molar-refractivity contribution in [2.24, 2.45) is 0 Å². The molecule has 6 heterocycles. The van der Waals surface area contributed by atoms with Crippen molar-refractivity contribution in [2.45, 2.75) is 13.5 Å². The van der Waals surface area contributed by atoms with Gasteiger partial charge < -0.3 is 13.7 Å². The summed E-state index contributed by atoms with van der Waals surface area (Å²) in [5, 5.41) is 1.17. The molecule has 11 nitrogen and oxygen atoms in total. The van der Waals surface area contributed by atoms with Gasteiger partial charge in [-0.25, -0.2) is 23.8 Å². The predicted octanol–water partition coefficient (Wildman–Crippen LogP) is 1.30. The summed E-state index contributed by atoms with van der Waals surface area (Å²) in [6.45, 7) is 5.69. The average Bonchev–Trinajstić information content (AvgIpc) is 3.41. The highest BCUT2D eigenvalue weighted by atomic mass is 32.1. The quantitative estimate of drug-likeness (QED) is 0.351. The van der Waals surface area contributed by atoms with E-state index in [9.17, 15) is 14.4 Å². The number of hydrogen-bond acceptors (Lipinski definition) is 10. The molecule has 7 rings (SSSR count). The second kappa shape index (κ2) is 7.92. The topological polar surface area (TPSA) is 119 Å². The summed E-state index contributed by atoms with van der Waals surface area (Å²) < 4.78 is 18.6. The molecule has 0 saturated carbocycles. The van der Waals surface area contributed by atoms with Crippen molar-refractivity contribution in [2.75, 3.05) is 37.6 Å². The lowest BCUT2D eigenvalue weighted by Crippen LogP contribution is -2.47. The maximum Gasteiger partial charge on any atom is 0.424 e. The van der Waals surface area contributed by atoms with Gasteiger partial charge in [-0.1, -0.05) is 12.1 Å². The summed E-state index contributed by atoms with van der Waals surface area (Å²) in [7, 11) is 0. The zero-order valence-corrected chi connectivity index (χ0v) is 19.1. The molecule has 174 valence electrons. The minimum absolute atomic E-state index is 0.0227. The van der Waals surface area contributed by atoms with Crippen LogP contribution >= 0.6 is 11.5 Å². The van der Waals surface area contributed by atoms with Crippen molar-refractivity contribution >= 4 is 44.5 Å². The number of piperazine rings is 1. The van der Waals surface area contributed by atoms with Gasteiger partial charge in [0.05, 0.1) is 4.70 Å². The van der Waals surface area contributed by atoms with Gasteiger partial charge >= 0.3 is 16.9 Å². The van der Waals surface area contributed by atoms with Gasteiger partial charge in [-0.15, -0.1) is 0 Å². The van der Waals surface area contributed by atoms with Crippen LogP contribution in [0.15, 0.2) is 53.5 Å². The fourth-order valence-corrected chi connectivity index (χ4v) is 5.22. The molecule has 5 aromatic heterocycles. The van der Waals surface area contributed by atoms with Crippen LogP contribution in [-0.4, -0.2) is 55.9 Å². The molecule has 0 aliphatic carbocycles. The van der Waals surface area contributed by atoms with E-state index in [2.05, 4.69) is 31.3 Å². The molecule has 0 atom stereocenters. The highest BCUT2D eigenvalue weighted by Gasteiger charge is 2.22. The fourth-order valence-electron chi connectivity index (χ4n) is 4.42. The third-order valence-corrected chi connectivity index (χ3v) is 7.01. The van der Waals surface area contributed by atoms with Crippen LogP contribution < -0.4 is 21.8 Å². The molecular formula is C22H20N6O5S. The monoisotopic (exact) mass is 480 g/mol. The molecule has 6 aromatic rings. The van der Waals surface area contributed by atoms with E-state index in [4.69, 9.17) is 8.83 Å². The SMILES string of the molecule is Cc1nc2cc3oc(=O)c(=O)oc1n2c(=O)n3CCN1CCN(c2nsc3ccccc23)CC1. The van der Waals surface area contributed by atoms with E-state index in [1.165, 1.54) is 36.7 Å². The Morgan fingerprint density at radius 2 is 1.76 bits per heavy atom. The van der Waals surface area contributed by atoms with Crippen LogP contribution in [0.4, 0.5) is 5.82 Å². The van der Waals surface area contributed by atoms with Crippen LogP contribution in [0.1, 0.15) is 5.69 Å². The summed E-state index contributed by atoms with van der Waals surface area (Å²) >= 11 is 1.51. The maximum atomic E-state index is 13.2. The number of rotatable bonds is 4. The zero-order valence-electron chi connectivity index (χ0n) is 18.3. The van der Waals surface area contributed by atoms with E-state index in [0.717, 1.165) is 32.0 Å². The summed E-state index contributed by atoms with van der Waals surface area (Å²) in [5.74, 6) is 1.02. The Hall–Kier alpha value is -3.77. The first-order chi connectivity index (χ1) is 16.5. The lowest BCUT2D eigenvalue weighted by Gasteiger charge is -2.35. The highest BCUT2D eigenvalue weighted by molar-refractivity contribution is 7.13. The maximum absolute atomic E-state index is 13.2. The third kappa shape index (κ3) is 3.33. The smallest absolute Gasteiger partial charge is 0.401 e. The molecular weight excluding hydrogens is 460 g/mol. The Morgan fingerprint density at radius 3 is 2.59 bits per heavy atom. The molecule has 0 N–H and O–H groups in total. The van der Waals surface area contributed by atoms with Gasteiger partial charge in [-0.2, -0.15) is 4.37 Å². The number of imidazole rings is 1. The largest absolute Gasteiger partial charge is 0.424 e. The number of benzene rings is 1.